The fourth-order valence-corrected chi connectivity index (χ4v) is 5.18. The first-order valence-corrected chi connectivity index (χ1v) is 10.5. The van der Waals surface area contributed by atoms with Crippen molar-refractivity contribution in [1.29, 1.82) is 0 Å². The Labute approximate surface area is 167 Å². The molecule has 6 nitrogen and oxygen atoms in total. The number of benzene rings is 1. The lowest BCUT2D eigenvalue weighted by molar-refractivity contribution is -0.135. The molecule has 1 aliphatic heterocycles. The van der Waals surface area contributed by atoms with Gasteiger partial charge in [-0.2, -0.15) is 0 Å². The molecule has 0 radical (unpaired) electrons. The molecule has 0 spiro atoms. The summed E-state index contributed by atoms with van der Waals surface area (Å²) in [5, 5.41) is 0. The molecule has 1 heterocycles. The summed E-state index contributed by atoms with van der Waals surface area (Å²) in [6, 6.07) is 4.02. The Hall–Kier alpha value is -1.95. The first-order chi connectivity index (χ1) is 13.7. The van der Waals surface area contributed by atoms with Gasteiger partial charge in [-0.25, -0.2) is 0 Å². The molecule has 2 saturated carbocycles. The van der Waals surface area contributed by atoms with Crippen molar-refractivity contribution < 1.29 is 19.0 Å². The molecular weight excluding hydrogens is 356 g/mol. The number of methoxy groups -OCH3 is 3. The van der Waals surface area contributed by atoms with Crippen molar-refractivity contribution in [3.05, 3.63) is 17.7 Å². The zero-order valence-electron chi connectivity index (χ0n) is 17.3. The van der Waals surface area contributed by atoms with E-state index in [0.29, 0.717) is 40.9 Å². The summed E-state index contributed by atoms with van der Waals surface area (Å²) in [7, 11) is 4.90. The Morgan fingerprint density at radius 2 is 1.50 bits per heavy atom. The van der Waals surface area contributed by atoms with Crippen molar-refractivity contribution in [2.75, 3.05) is 47.5 Å². The fourth-order valence-electron chi connectivity index (χ4n) is 5.18. The number of amides is 1. The first kappa shape index (κ1) is 19.4. The van der Waals surface area contributed by atoms with E-state index in [1.807, 2.05) is 12.1 Å². The maximum Gasteiger partial charge on any atom is 0.226 e. The molecule has 1 amide bonds. The standard InChI is InChI=1S/C22H32N2O4/c1-26-18-12-15(13-19(27-2)21(18)28-3)14-23-8-10-24(11-9-23)22(25)20-16-6-4-5-7-17(16)20/h12-13,16-17,20H,4-11,14H2,1-3H3/t16-,17-/m1/s1. The Balaban J connectivity index is 1.34. The number of piperazine rings is 1. The Bertz CT molecular complexity index is 677. The third-order valence-electron chi connectivity index (χ3n) is 6.76. The van der Waals surface area contributed by atoms with E-state index in [-0.39, 0.29) is 0 Å². The third-order valence-corrected chi connectivity index (χ3v) is 6.76. The van der Waals surface area contributed by atoms with Gasteiger partial charge in [-0.05, 0) is 42.4 Å². The van der Waals surface area contributed by atoms with Crippen LogP contribution in [0.5, 0.6) is 17.2 Å². The summed E-state index contributed by atoms with van der Waals surface area (Å²) in [5.41, 5.74) is 1.13. The summed E-state index contributed by atoms with van der Waals surface area (Å²) in [6.45, 7) is 4.29. The van der Waals surface area contributed by atoms with Gasteiger partial charge in [-0.1, -0.05) is 12.8 Å². The maximum absolute atomic E-state index is 12.9. The molecule has 1 aromatic rings. The molecule has 2 atom stereocenters. The second-order valence-electron chi connectivity index (χ2n) is 8.27. The van der Waals surface area contributed by atoms with Crippen LogP contribution in [0.4, 0.5) is 0 Å². The maximum atomic E-state index is 12.9. The van der Waals surface area contributed by atoms with Crippen LogP contribution in [-0.4, -0.2) is 63.2 Å². The van der Waals surface area contributed by atoms with Gasteiger partial charge in [0.2, 0.25) is 11.7 Å². The molecule has 4 rings (SSSR count). The molecule has 0 unspecified atom stereocenters. The molecule has 3 aliphatic rings. The van der Waals surface area contributed by atoms with Crippen molar-refractivity contribution in [1.82, 2.24) is 9.80 Å². The highest BCUT2D eigenvalue weighted by atomic mass is 16.5. The molecule has 0 bridgehead atoms. The number of carbonyl (C=O) groups is 1. The molecular formula is C22H32N2O4. The van der Waals surface area contributed by atoms with Crippen molar-refractivity contribution >= 4 is 5.91 Å². The van der Waals surface area contributed by atoms with Crippen molar-refractivity contribution in [2.24, 2.45) is 17.8 Å². The first-order valence-electron chi connectivity index (χ1n) is 10.5. The van der Waals surface area contributed by atoms with Crippen LogP contribution >= 0.6 is 0 Å². The topological polar surface area (TPSA) is 51.2 Å². The van der Waals surface area contributed by atoms with Crippen molar-refractivity contribution in [3.8, 4) is 17.2 Å². The molecule has 6 heteroatoms. The fraction of sp³-hybridized carbons (Fsp3) is 0.682. The van der Waals surface area contributed by atoms with Crippen LogP contribution in [0.2, 0.25) is 0 Å². The van der Waals surface area contributed by atoms with Crippen molar-refractivity contribution in [3.63, 3.8) is 0 Å². The van der Waals surface area contributed by atoms with E-state index in [0.717, 1.165) is 38.3 Å². The highest BCUT2D eigenvalue weighted by molar-refractivity contribution is 5.82. The summed E-state index contributed by atoms with van der Waals surface area (Å²) in [6.07, 6.45) is 5.16. The van der Waals surface area contributed by atoms with Crippen LogP contribution in [0.15, 0.2) is 12.1 Å². The number of nitrogens with zero attached hydrogens (tertiary/aromatic N) is 2. The van der Waals surface area contributed by atoms with Crippen LogP contribution in [0.25, 0.3) is 0 Å². The molecule has 0 aromatic heterocycles. The van der Waals surface area contributed by atoms with E-state index in [4.69, 9.17) is 14.2 Å². The van der Waals surface area contributed by atoms with Crippen LogP contribution in [0, 0.1) is 17.8 Å². The zero-order valence-corrected chi connectivity index (χ0v) is 17.3. The largest absolute Gasteiger partial charge is 0.493 e. The number of hydrogen-bond donors (Lipinski definition) is 0. The van der Waals surface area contributed by atoms with E-state index in [9.17, 15) is 4.79 Å². The monoisotopic (exact) mass is 388 g/mol. The van der Waals surface area contributed by atoms with Gasteiger partial charge >= 0.3 is 0 Å². The number of hydrogen-bond acceptors (Lipinski definition) is 5. The van der Waals surface area contributed by atoms with Gasteiger partial charge in [0.1, 0.15) is 0 Å². The molecule has 2 aliphatic carbocycles. The van der Waals surface area contributed by atoms with E-state index in [1.54, 1.807) is 21.3 Å². The van der Waals surface area contributed by atoms with Crippen molar-refractivity contribution in [2.45, 2.75) is 32.2 Å². The molecule has 28 heavy (non-hydrogen) atoms. The molecule has 1 aromatic carbocycles. The predicted molar refractivity (Wildman–Crippen MR) is 107 cm³/mol. The smallest absolute Gasteiger partial charge is 0.226 e. The molecule has 3 fully saturated rings. The average molecular weight is 389 g/mol. The average Bonchev–Trinajstić information content (AvgIpc) is 3.47. The third kappa shape index (κ3) is 3.66. The van der Waals surface area contributed by atoms with E-state index in [1.165, 1.54) is 25.7 Å². The number of carbonyl (C=O) groups excluding carboxylic acids is 1. The lowest BCUT2D eigenvalue weighted by atomic mass is 10.0. The Morgan fingerprint density at radius 1 is 0.929 bits per heavy atom. The number of ether oxygens (including phenoxy) is 3. The Kier molecular flexibility index (Phi) is 5.67. The minimum Gasteiger partial charge on any atom is -0.493 e. The Morgan fingerprint density at radius 3 is 2.00 bits per heavy atom. The van der Waals surface area contributed by atoms with Gasteiger partial charge in [0.05, 0.1) is 21.3 Å². The second kappa shape index (κ2) is 8.19. The van der Waals surface area contributed by atoms with Crippen LogP contribution in [-0.2, 0) is 11.3 Å². The van der Waals surface area contributed by atoms with E-state index in [2.05, 4.69) is 9.80 Å². The van der Waals surface area contributed by atoms with Gasteiger partial charge in [0.25, 0.3) is 0 Å². The minimum absolute atomic E-state index is 0.337. The summed E-state index contributed by atoms with van der Waals surface area (Å²) >= 11 is 0. The summed E-state index contributed by atoms with van der Waals surface area (Å²) < 4.78 is 16.3. The molecule has 1 saturated heterocycles. The number of rotatable bonds is 6. The second-order valence-corrected chi connectivity index (χ2v) is 8.27. The minimum atomic E-state index is 0.337. The lowest BCUT2D eigenvalue weighted by Crippen LogP contribution is -2.49. The summed E-state index contributed by atoms with van der Waals surface area (Å²) in [5.74, 6) is 4.13. The SMILES string of the molecule is COc1cc(CN2CCN(C(=O)C3[C@@H]4CCCC[C@@H]34)CC2)cc(OC)c1OC. The van der Waals surface area contributed by atoms with E-state index < -0.39 is 0 Å². The van der Waals surface area contributed by atoms with E-state index >= 15 is 0 Å². The van der Waals surface area contributed by atoms with Gasteiger partial charge in [-0.15, -0.1) is 0 Å². The van der Waals surface area contributed by atoms with Gasteiger partial charge in [0.15, 0.2) is 11.5 Å². The van der Waals surface area contributed by atoms with Gasteiger partial charge < -0.3 is 19.1 Å². The van der Waals surface area contributed by atoms with Crippen LogP contribution in [0.1, 0.15) is 31.2 Å². The van der Waals surface area contributed by atoms with Gasteiger partial charge in [-0.3, -0.25) is 9.69 Å². The van der Waals surface area contributed by atoms with Crippen LogP contribution in [0.3, 0.4) is 0 Å². The quantitative estimate of drug-likeness (QED) is 0.750. The molecule has 154 valence electrons. The van der Waals surface area contributed by atoms with Gasteiger partial charge in [0, 0.05) is 38.6 Å². The lowest BCUT2D eigenvalue weighted by Gasteiger charge is -2.35. The highest BCUT2D eigenvalue weighted by Gasteiger charge is 2.55. The van der Waals surface area contributed by atoms with Crippen LogP contribution < -0.4 is 14.2 Å². The molecule has 0 N–H and O–H groups in total. The normalized spacial score (nSPS) is 27.1. The summed E-state index contributed by atoms with van der Waals surface area (Å²) in [4.78, 5) is 17.4. The highest BCUT2D eigenvalue weighted by Crippen LogP contribution is 2.56. The predicted octanol–water partition coefficient (Wildman–Crippen LogP) is 2.79. The zero-order chi connectivity index (χ0) is 19.7. The number of fused-ring (bicyclic) bond motifs is 1.